The first-order valence-electron chi connectivity index (χ1n) is 13.9. The summed E-state index contributed by atoms with van der Waals surface area (Å²) in [4.78, 5) is 5.70. The summed E-state index contributed by atoms with van der Waals surface area (Å²) in [5.74, 6) is -1.68. The summed E-state index contributed by atoms with van der Waals surface area (Å²) in [5.41, 5.74) is 0.292. The van der Waals surface area contributed by atoms with E-state index in [1.54, 1.807) is 18.2 Å². The van der Waals surface area contributed by atoms with E-state index < -0.39 is 32.4 Å². The fraction of sp³-hybridized carbons (Fsp3) is 0.323. The number of fused-ring (bicyclic) bond motifs is 1. The molecule has 12 heteroatoms. The van der Waals surface area contributed by atoms with Crippen molar-refractivity contribution >= 4 is 26.6 Å². The van der Waals surface area contributed by atoms with Crippen molar-refractivity contribution in [3.8, 4) is 23.0 Å². The Balaban J connectivity index is 1.29. The molecular formula is C31H32F3N3O5S. The van der Waals surface area contributed by atoms with Gasteiger partial charge in [-0.05, 0) is 68.1 Å². The van der Waals surface area contributed by atoms with Crippen LogP contribution in [0, 0.1) is 23.4 Å². The Morgan fingerprint density at radius 3 is 2.49 bits per heavy atom. The second-order valence-electron chi connectivity index (χ2n) is 10.5. The maximum absolute atomic E-state index is 15.0. The van der Waals surface area contributed by atoms with Crippen LogP contribution in [0.4, 0.5) is 18.9 Å². The van der Waals surface area contributed by atoms with Gasteiger partial charge >= 0.3 is 0 Å². The number of anilines is 1. The van der Waals surface area contributed by atoms with Gasteiger partial charge in [0.05, 0.1) is 24.9 Å². The lowest BCUT2D eigenvalue weighted by Gasteiger charge is -2.30. The monoisotopic (exact) mass is 615 g/mol. The second-order valence-corrected chi connectivity index (χ2v) is 12.1. The average molecular weight is 616 g/mol. The minimum atomic E-state index is -4.66. The van der Waals surface area contributed by atoms with Crippen molar-refractivity contribution in [2.75, 3.05) is 38.1 Å². The van der Waals surface area contributed by atoms with Gasteiger partial charge < -0.3 is 19.1 Å². The van der Waals surface area contributed by atoms with Gasteiger partial charge in [-0.15, -0.1) is 0 Å². The molecule has 1 saturated heterocycles. The van der Waals surface area contributed by atoms with Crippen molar-refractivity contribution in [1.82, 2.24) is 9.88 Å². The first-order valence-corrected chi connectivity index (χ1v) is 15.4. The Kier molecular flexibility index (Phi) is 9.26. The lowest BCUT2D eigenvalue weighted by Crippen LogP contribution is -2.35. The normalized spacial score (nSPS) is 15.8. The molecule has 1 aromatic heterocycles. The molecule has 0 saturated carbocycles. The van der Waals surface area contributed by atoms with E-state index in [4.69, 9.17) is 14.2 Å². The lowest BCUT2D eigenvalue weighted by atomic mass is 10.0. The van der Waals surface area contributed by atoms with Gasteiger partial charge in [-0.1, -0.05) is 13.0 Å². The van der Waals surface area contributed by atoms with Crippen molar-refractivity contribution in [2.24, 2.45) is 5.92 Å². The third kappa shape index (κ3) is 7.14. The Bertz CT molecular complexity index is 1700. The molecule has 0 amide bonds. The van der Waals surface area contributed by atoms with Gasteiger partial charge in [0.2, 0.25) is 0 Å². The van der Waals surface area contributed by atoms with Crippen molar-refractivity contribution in [3.05, 3.63) is 78.2 Å². The van der Waals surface area contributed by atoms with Crippen molar-refractivity contribution in [3.63, 3.8) is 0 Å². The van der Waals surface area contributed by atoms with Crippen LogP contribution in [-0.2, 0) is 10.0 Å². The van der Waals surface area contributed by atoms with Crippen LogP contribution in [0.15, 0.2) is 65.7 Å². The maximum atomic E-state index is 15.0. The molecule has 43 heavy (non-hydrogen) atoms. The number of likely N-dealkylation sites (tertiary alicyclic amines) is 1. The number of aromatic nitrogens is 1. The molecule has 0 aliphatic carbocycles. The van der Waals surface area contributed by atoms with Crippen molar-refractivity contribution < 1.29 is 35.8 Å². The summed E-state index contributed by atoms with van der Waals surface area (Å²) in [6.45, 7) is 5.97. The number of ether oxygens (including phenoxy) is 3. The third-order valence-corrected chi connectivity index (χ3v) is 8.63. The predicted octanol–water partition coefficient (Wildman–Crippen LogP) is 6.75. The van der Waals surface area contributed by atoms with Gasteiger partial charge in [0.1, 0.15) is 17.4 Å². The van der Waals surface area contributed by atoms with Gasteiger partial charge in [0.15, 0.2) is 28.0 Å². The zero-order chi connectivity index (χ0) is 30.6. The molecular weight excluding hydrogens is 583 g/mol. The minimum Gasteiger partial charge on any atom is -0.493 e. The van der Waals surface area contributed by atoms with Crippen LogP contribution in [0.1, 0.15) is 26.2 Å². The highest BCUT2D eigenvalue weighted by atomic mass is 32.2. The number of hydrogen-bond acceptors (Lipinski definition) is 7. The molecule has 1 aliphatic rings. The molecule has 0 bridgehead atoms. The summed E-state index contributed by atoms with van der Waals surface area (Å²) in [5, 5.41) is 0.535. The molecule has 1 unspecified atom stereocenters. The van der Waals surface area contributed by atoms with Crippen LogP contribution in [0.25, 0.3) is 10.9 Å². The summed E-state index contributed by atoms with van der Waals surface area (Å²) < 4.78 is 87.6. The van der Waals surface area contributed by atoms with Crippen LogP contribution >= 0.6 is 0 Å². The van der Waals surface area contributed by atoms with E-state index in [0.717, 1.165) is 50.3 Å². The third-order valence-electron chi connectivity index (χ3n) is 7.20. The molecule has 228 valence electrons. The Morgan fingerprint density at radius 2 is 1.77 bits per heavy atom. The van der Waals surface area contributed by atoms with Crippen molar-refractivity contribution in [2.45, 2.75) is 31.1 Å². The SMILES string of the molecule is COc1cc2c(Oc3ccc(NS(=O)(=O)c4c(F)cccc4F)cc3F)ccnc2cc1OCCCN1CCCC(C)C1. The van der Waals surface area contributed by atoms with Gasteiger partial charge in [0, 0.05) is 36.8 Å². The molecule has 0 radical (unpaired) electrons. The van der Waals surface area contributed by atoms with Crippen LogP contribution in [0.3, 0.4) is 0 Å². The lowest BCUT2D eigenvalue weighted by molar-refractivity contribution is 0.169. The first kappa shape index (κ1) is 30.4. The molecule has 0 spiro atoms. The van der Waals surface area contributed by atoms with E-state index >= 15 is 4.39 Å². The molecule has 1 N–H and O–H groups in total. The van der Waals surface area contributed by atoms with E-state index in [1.807, 2.05) is 4.72 Å². The molecule has 1 fully saturated rings. The number of rotatable bonds is 11. The number of nitrogens with one attached hydrogen (secondary N) is 1. The van der Waals surface area contributed by atoms with Crippen LogP contribution in [0.2, 0.25) is 0 Å². The minimum absolute atomic E-state index is 0.209. The number of pyridine rings is 1. The maximum Gasteiger partial charge on any atom is 0.267 e. The topological polar surface area (TPSA) is 90.0 Å². The average Bonchev–Trinajstić information content (AvgIpc) is 2.96. The predicted molar refractivity (Wildman–Crippen MR) is 157 cm³/mol. The zero-order valence-electron chi connectivity index (χ0n) is 23.8. The van der Waals surface area contributed by atoms with Crippen LogP contribution in [0.5, 0.6) is 23.0 Å². The highest BCUT2D eigenvalue weighted by molar-refractivity contribution is 7.92. The molecule has 4 aromatic rings. The fourth-order valence-electron chi connectivity index (χ4n) is 5.16. The first-order chi connectivity index (χ1) is 20.6. The number of halogens is 3. The number of sulfonamides is 1. The molecule has 2 heterocycles. The quantitative estimate of drug-likeness (QED) is 0.187. The molecule has 1 aliphatic heterocycles. The molecule has 8 nitrogen and oxygen atoms in total. The summed E-state index contributed by atoms with van der Waals surface area (Å²) in [7, 11) is -3.14. The summed E-state index contributed by atoms with van der Waals surface area (Å²) in [6.07, 6.45) is 4.87. The molecule has 3 aromatic carbocycles. The standard InChI is InChI=1S/C31H32F3N3O5S/c1-20-6-4-13-37(19-20)14-5-15-41-30-18-26-22(17-29(30)40-2)27(11-12-35-26)42-28-10-9-21(16-25(28)34)36-43(38,39)31-23(32)7-3-8-24(31)33/h3,7-12,16-18,20,36H,4-6,13-15,19H2,1-2H3. The Morgan fingerprint density at radius 1 is 0.977 bits per heavy atom. The van der Waals surface area contributed by atoms with Crippen LogP contribution < -0.4 is 18.9 Å². The molecule has 1 atom stereocenters. The van der Waals surface area contributed by atoms with E-state index in [1.165, 1.54) is 38.3 Å². The second kappa shape index (κ2) is 13.1. The molecule has 5 rings (SSSR count). The number of hydrogen-bond donors (Lipinski definition) is 1. The largest absolute Gasteiger partial charge is 0.493 e. The Labute approximate surface area is 248 Å². The van der Waals surface area contributed by atoms with E-state index in [9.17, 15) is 17.2 Å². The Hall–Kier alpha value is -4.03. The van der Waals surface area contributed by atoms with Crippen LogP contribution in [-0.4, -0.2) is 51.7 Å². The summed E-state index contributed by atoms with van der Waals surface area (Å²) in [6, 6.07) is 10.9. The highest BCUT2D eigenvalue weighted by Gasteiger charge is 2.24. The van der Waals surface area contributed by atoms with Gasteiger partial charge in [0.25, 0.3) is 10.0 Å². The van der Waals surface area contributed by atoms with E-state index in [0.29, 0.717) is 34.9 Å². The number of piperidine rings is 1. The van der Waals surface area contributed by atoms with Gasteiger partial charge in [-0.25, -0.2) is 21.6 Å². The summed E-state index contributed by atoms with van der Waals surface area (Å²) >= 11 is 0. The smallest absolute Gasteiger partial charge is 0.267 e. The number of nitrogens with zero attached hydrogens (tertiary/aromatic N) is 2. The number of methoxy groups -OCH3 is 1. The van der Waals surface area contributed by atoms with E-state index in [-0.39, 0.29) is 17.2 Å². The van der Waals surface area contributed by atoms with E-state index in [2.05, 4.69) is 16.8 Å². The zero-order valence-corrected chi connectivity index (χ0v) is 24.6. The van der Waals surface area contributed by atoms with Crippen molar-refractivity contribution in [1.29, 1.82) is 0 Å². The van der Waals surface area contributed by atoms with Gasteiger partial charge in [-0.3, -0.25) is 9.71 Å². The fourth-order valence-corrected chi connectivity index (χ4v) is 6.35. The van der Waals surface area contributed by atoms with Gasteiger partial charge in [-0.2, -0.15) is 0 Å². The highest BCUT2D eigenvalue weighted by Crippen LogP contribution is 2.38. The number of benzene rings is 3.